The van der Waals surface area contributed by atoms with Gasteiger partial charge < -0.3 is 5.73 Å². The van der Waals surface area contributed by atoms with E-state index in [0.29, 0.717) is 18.2 Å². The second-order valence-electron chi connectivity index (χ2n) is 8.15. The quantitative estimate of drug-likeness (QED) is 0.365. The molecule has 0 saturated heterocycles. The van der Waals surface area contributed by atoms with Crippen LogP contribution >= 0.6 is 0 Å². The van der Waals surface area contributed by atoms with Crippen LogP contribution in [0.2, 0.25) is 0 Å². The molecule has 0 bridgehead atoms. The van der Waals surface area contributed by atoms with Crippen LogP contribution in [0.1, 0.15) is 63.3 Å². The Balaban J connectivity index is 1.70. The third-order valence-corrected chi connectivity index (χ3v) is 5.97. The Morgan fingerprint density at radius 3 is 2.60 bits per heavy atom. The zero-order valence-corrected chi connectivity index (χ0v) is 18.2. The van der Waals surface area contributed by atoms with Crippen LogP contribution in [0.5, 0.6) is 0 Å². The molecular formula is C23H31FN6. The molecule has 0 radical (unpaired) electrons. The molecule has 0 aliphatic heterocycles. The number of H-pyrrole nitrogens is 1. The summed E-state index contributed by atoms with van der Waals surface area (Å²) in [6, 6.07) is 7.09. The van der Waals surface area contributed by atoms with Gasteiger partial charge in [0, 0.05) is 16.7 Å². The molecule has 0 amide bonds. The number of nitrogen functional groups attached to an aromatic ring is 1. The summed E-state index contributed by atoms with van der Waals surface area (Å²) in [5.41, 5.74) is 13.1. The van der Waals surface area contributed by atoms with Gasteiger partial charge in [0.15, 0.2) is 5.82 Å². The van der Waals surface area contributed by atoms with Crippen molar-refractivity contribution in [3.63, 3.8) is 0 Å². The number of hydrogen-bond donors (Lipinski definition) is 3. The zero-order valence-electron chi connectivity index (χ0n) is 18.2. The first kappa shape index (κ1) is 21.7. The fourth-order valence-corrected chi connectivity index (χ4v) is 3.97. The number of aromatic amines is 1. The van der Waals surface area contributed by atoms with Gasteiger partial charge >= 0.3 is 0 Å². The maximum Gasteiger partial charge on any atom is 0.152 e. The van der Waals surface area contributed by atoms with Crippen molar-refractivity contribution in [2.45, 2.75) is 58.8 Å². The second kappa shape index (κ2) is 9.24. The highest BCUT2D eigenvalue weighted by atomic mass is 19.1. The molecule has 1 aromatic carbocycles. The lowest BCUT2D eigenvalue weighted by Crippen LogP contribution is -2.29. The van der Waals surface area contributed by atoms with Crippen molar-refractivity contribution < 1.29 is 4.39 Å². The molecule has 6 nitrogen and oxygen atoms in total. The van der Waals surface area contributed by atoms with Crippen molar-refractivity contribution in [2.75, 3.05) is 12.3 Å². The Morgan fingerprint density at radius 2 is 1.97 bits per heavy atom. The molecule has 0 atom stereocenters. The van der Waals surface area contributed by atoms with Gasteiger partial charge in [0.2, 0.25) is 0 Å². The number of benzene rings is 1. The summed E-state index contributed by atoms with van der Waals surface area (Å²) >= 11 is 0. The molecule has 0 spiro atoms. The Kier molecular flexibility index (Phi) is 6.70. The van der Waals surface area contributed by atoms with E-state index >= 15 is 0 Å². The van der Waals surface area contributed by atoms with Crippen molar-refractivity contribution >= 4 is 23.4 Å². The molecule has 1 aromatic heterocycles. The second-order valence-corrected chi connectivity index (χ2v) is 8.15. The molecule has 1 aliphatic carbocycles. The van der Waals surface area contributed by atoms with Crippen molar-refractivity contribution in [1.29, 1.82) is 0 Å². The number of aliphatic imine (C=N–C) groups is 1. The predicted molar refractivity (Wildman–Crippen MR) is 122 cm³/mol. The highest BCUT2D eigenvalue weighted by Crippen LogP contribution is 2.42. The number of aromatic nitrogens is 2. The molecule has 1 heterocycles. The predicted octanol–water partition coefficient (Wildman–Crippen LogP) is 4.74. The first-order valence-corrected chi connectivity index (χ1v) is 10.4. The number of amidine groups is 1. The number of anilines is 1. The average molecular weight is 411 g/mol. The molecular weight excluding hydrogens is 379 g/mol. The smallest absolute Gasteiger partial charge is 0.152 e. The summed E-state index contributed by atoms with van der Waals surface area (Å²) in [5.74, 6) is 1.05. The maximum absolute atomic E-state index is 14.5. The average Bonchev–Trinajstić information content (AvgIpc) is 3.33. The Hall–Kier alpha value is -2.96. The lowest BCUT2D eigenvalue weighted by molar-refractivity contribution is 0.427. The number of nitrogens with two attached hydrogens (primary N) is 1. The third kappa shape index (κ3) is 4.78. The van der Waals surface area contributed by atoms with Crippen LogP contribution in [-0.4, -0.2) is 28.3 Å². The van der Waals surface area contributed by atoms with E-state index in [-0.39, 0.29) is 11.2 Å². The fraction of sp³-hybridized carbons (Fsp3) is 0.435. The highest BCUT2D eigenvalue weighted by Gasteiger charge is 2.37. The number of allylic oxidation sites excluding steroid dienone is 1. The van der Waals surface area contributed by atoms with Gasteiger partial charge in [-0.25, -0.2) is 4.39 Å². The number of hydrogen-bond acceptors (Lipinski definition) is 4. The van der Waals surface area contributed by atoms with Crippen LogP contribution in [0, 0.1) is 12.7 Å². The van der Waals surface area contributed by atoms with Gasteiger partial charge in [-0.15, -0.1) is 0 Å². The van der Waals surface area contributed by atoms with Gasteiger partial charge in [0.1, 0.15) is 11.7 Å². The minimum absolute atomic E-state index is 0.136. The summed E-state index contributed by atoms with van der Waals surface area (Å²) in [7, 11) is 0. The van der Waals surface area contributed by atoms with Crippen LogP contribution in [-0.2, 0) is 5.41 Å². The Bertz CT molecular complexity index is 960. The number of halogens is 1. The van der Waals surface area contributed by atoms with Crippen LogP contribution in [0.3, 0.4) is 0 Å². The van der Waals surface area contributed by atoms with Crippen molar-refractivity contribution in [3.05, 3.63) is 52.5 Å². The van der Waals surface area contributed by atoms with E-state index in [2.05, 4.69) is 20.7 Å². The van der Waals surface area contributed by atoms with E-state index in [4.69, 9.17) is 10.7 Å². The highest BCUT2D eigenvalue weighted by molar-refractivity contribution is 6.02. The first-order valence-electron chi connectivity index (χ1n) is 10.4. The third-order valence-electron chi connectivity index (χ3n) is 5.97. The monoisotopic (exact) mass is 410 g/mol. The topological polar surface area (TPSA) is 91.4 Å². The summed E-state index contributed by atoms with van der Waals surface area (Å²) in [4.78, 5) is 4.71. The van der Waals surface area contributed by atoms with Gasteiger partial charge in [0.05, 0.1) is 12.3 Å². The fourth-order valence-electron chi connectivity index (χ4n) is 3.97. The largest absolute Gasteiger partial charge is 0.382 e. The molecule has 1 aliphatic rings. The lowest BCUT2D eigenvalue weighted by atomic mass is 9.78. The molecule has 7 heteroatoms. The van der Waals surface area contributed by atoms with E-state index in [1.165, 1.54) is 0 Å². The van der Waals surface area contributed by atoms with Gasteiger partial charge in [-0.1, -0.05) is 31.0 Å². The van der Waals surface area contributed by atoms with Gasteiger partial charge in [-0.2, -0.15) is 10.2 Å². The molecule has 160 valence electrons. The zero-order chi connectivity index (χ0) is 21.7. The molecule has 4 N–H and O–H groups in total. The Morgan fingerprint density at radius 1 is 1.27 bits per heavy atom. The summed E-state index contributed by atoms with van der Waals surface area (Å²) in [6.45, 7) is 8.28. The molecule has 1 saturated carbocycles. The van der Waals surface area contributed by atoms with Gasteiger partial charge in [0.25, 0.3) is 0 Å². The van der Waals surface area contributed by atoms with Gasteiger partial charge in [-0.3, -0.25) is 15.5 Å². The van der Waals surface area contributed by atoms with Crippen molar-refractivity contribution in [3.8, 4) is 0 Å². The molecule has 1 fully saturated rings. The first-order chi connectivity index (χ1) is 14.3. The summed E-state index contributed by atoms with van der Waals surface area (Å²) in [5, 5.41) is 11.3. The minimum Gasteiger partial charge on any atom is -0.382 e. The number of rotatable bonds is 6. The van der Waals surface area contributed by atoms with Crippen LogP contribution < -0.4 is 11.2 Å². The maximum atomic E-state index is 14.5. The van der Waals surface area contributed by atoms with Crippen molar-refractivity contribution in [1.82, 2.24) is 15.6 Å². The van der Waals surface area contributed by atoms with Crippen LogP contribution in [0.4, 0.5) is 10.2 Å². The summed E-state index contributed by atoms with van der Waals surface area (Å²) in [6.07, 6.45) is 6.09. The number of aryl methyl sites for hydroxylation is 1. The standard InChI is InChI=1S/C23H31FN6/c1-15(13-19-17(3)28-30-22(19)25)16(2)27-29-18(4)26-14-23(11-7-8-12-23)20-9-5-6-10-21(20)24/h5-6,9-10,13H,7-8,11-12,14H2,1-4H3,(H,26,29)(H3,25,28,30)/b15-13+,27-16+. The summed E-state index contributed by atoms with van der Waals surface area (Å²) < 4.78 is 14.5. The molecule has 3 rings (SSSR count). The van der Waals surface area contributed by atoms with E-state index in [0.717, 1.165) is 53.8 Å². The van der Waals surface area contributed by atoms with Crippen LogP contribution in [0.15, 0.2) is 39.9 Å². The number of hydrazone groups is 1. The molecule has 2 aromatic rings. The van der Waals surface area contributed by atoms with E-state index < -0.39 is 0 Å². The van der Waals surface area contributed by atoms with E-state index in [1.54, 1.807) is 12.1 Å². The van der Waals surface area contributed by atoms with E-state index in [1.807, 2.05) is 45.9 Å². The molecule has 0 unspecified atom stereocenters. The molecule has 30 heavy (non-hydrogen) atoms. The number of nitrogens with zero attached hydrogens (tertiary/aromatic N) is 3. The number of nitrogens with one attached hydrogen (secondary N) is 2. The van der Waals surface area contributed by atoms with E-state index in [9.17, 15) is 4.39 Å². The minimum atomic E-state index is -0.223. The van der Waals surface area contributed by atoms with Crippen LogP contribution in [0.25, 0.3) is 6.08 Å². The normalized spacial score (nSPS) is 17.4. The van der Waals surface area contributed by atoms with Crippen molar-refractivity contribution in [2.24, 2.45) is 10.1 Å². The lowest BCUT2D eigenvalue weighted by Gasteiger charge is -2.28. The van der Waals surface area contributed by atoms with Gasteiger partial charge in [-0.05, 0) is 63.8 Å². The SMILES string of the molecule is CC(=NCC1(c2ccccc2F)CCCC1)N/N=C(C)/C(C)=C/c1c(N)n[nH]c1C. The Labute approximate surface area is 177 Å².